The molecule has 0 saturated carbocycles. The van der Waals surface area contributed by atoms with Gasteiger partial charge < -0.3 is 20.1 Å². The Labute approximate surface area is 127 Å². The van der Waals surface area contributed by atoms with Crippen molar-refractivity contribution < 1.29 is 23.0 Å². The number of anilines is 1. The van der Waals surface area contributed by atoms with Crippen molar-refractivity contribution in [2.24, 2.45) is 0 Å². The zero-order valence-electron chi connectivity index (χ0n) is 12.1. The maximum atomic E-state index is 12.1. The van der Waals surface area contributed by atoms with E-state index in [4.69, 9.17) is 4.74 Å². The van der Waals surface area contributed by atoms with E-state index in [0.717, 1.165) is 19.6 Å². The van der Waals surface area contributed by atoms with Crippen LogP contribution in [0.4, 0.5) is 19.3 Å². The highest BCUT2D eigenvalue weighted by Gasteiger charge is 2.10. The van der Waals surface area contributed by atoms with Gasteiger partial charge in [0.1, 0.15) is 5.75 Å². The lowest BCUT2D eigenvalue weighted by Crippen LogP contribution is -2.42. The summed E-state index contributed by atoms with van der Waals surface area (Å²) in [6.07, 6.45) is 0. The molecule has 0 atom stereocenters. The van der Waals surface area contributed by atoms with Crippen LogP contribution in [0.5, 0.6) is 5.75 Å². The van der Waals surface area contributed by atoms with Gasteiger partial charge in [0, 0.05) is 37.9 Å². The summed E-state index contributed by atoms with van der Waals surface area (Å²) in [5, 5.41) is 5.29. The Morgan fingerprint density at radius 1 is 1.36 bits per heavy atom. The predicted molar refractivity (Wildman–Crippen MR) is 77.4 cm³/mol. The third kappa shape index (κ3) is 5.82. The average molecular weight is 315 g/mol. The molecule has 0 radical (unpaired) electrons. The van der Waals surface area contributed by atoms with E-state index in [-0.39, 0.29) is 11.8 Å². The second-order valence-electron chi connectivity index (χ2n) is 4.74. The molecule has 6 nitrogen and oxygen atoms in total. The number of urea groups is 1. The second kappa shape index (κ2) is 8.50. The number of morpholine rings is 1. The first-order chi connectivity index (χ1) is 10.6. The molecule has 2 rings (SSSR count). The summed E-state index contributed by atoms with van der Waals surface area (Å²) in [7, 11) is 0. The molecule has 0 bridgehead atoms. The number of rotatable bonds is 6. The first kappa shape index (κ1) is 16.4. The zero-order valence-corrected chi connectivity index (χ0v) is 12.1. The summed E-state index contributed by atoms with van der Waals surface area (Å²) in [6, 6.07) is 5.48. The van der Waals surface area contributed by atoms with Gasteiger partial charge in [0.2, 0.25) is 0 Å². The summed E-state index contributed by atoms with van der Waals surface area (Å²) in [4.78, 5) is 13.9. The maximum Gasteiger partial charge on any atom is 0.387 e. The number of benzene rings is 1. The highest BCUT2D eigenvalue weighted by atomic mass is 19.3. The first-order valence-electron chi connectivity index (χ1n) is 7.03. The van der Waals surface area contributed by atoms with Crippen LogP contribution >= 0.6 is 0 Å². The van der Waals surface area contributed by atoms with E-state index in [1.165, 1.54) is 18.2 Å². The van der Waals surface area contributed by atoms with Crippen molar-refractivity contribution in [3.63, 3.8) is 0 Å². The number of carbonyl (C=O) groups excluding carboxylic acids is 1. The molecular formula is C14H19F2N3O3. The largest absolute Gasteiger partial charge is 0.435 e. The van der Waals surface area contributed by atoms with Crippen LogP contribution in [0.1, 0.15) is 0 Å². The molecule has 1 aliphatic rings. The molecule has 1 aromatic carbocycles. The quantitative estimate of drug-likeness (QED) is 0.839. The van der Waals surface area contributed by atoms with Gasteiger partial charge in [-0.2, -0.15) is 8.78 Å². The summed E-state index contributed by atoms with van der Waals surface area (Å²) < 4.78 is 33.8. The summed E-state index contributed by atoms with van der Waals surface area (Å²) >= 11 is 0. The molecular weight excluding hydrogens is 296 g/mol. The fourth-order valence-electron chi connectivity index (χ4n) is 2.08. The van der Waals surface area contributed by atoms with Crippen molar-refractivity contribution >= 4 is 11.7 Å². The van der Waals surface area contributed by atoms with Gasteiger partial charge in [-0.15, -0.1) is 0 Å². The monoisotopic (exact) mass is 315 g/mol. The molecule has 0 unspecified atom stereocenters. The molecule has 1 aliphatic heterocycles. The minimum absolute atomic E-state index is 0.00103. The highest BCUT2D eigenvalue weighted by Crippen LogP contribution is 2.19. The smallest absolute Gasteiger partial charge is 0.387 e. The molecule has 2 N–H and O–H groups in total. The van der Waals surface area contributed by atoms with Gasteiger partial charge in [-0.25, -0.2) is 4.79 Å². The standard InChI is InChI=1S/C14H19F2N3O3/c15-13(16)22-12-3-1-2-11(10-12)18-14(20)17-4-5-19-6-8-21-9-7-19/h1-3,10,13H,4-9H2,(H2,17,18,20). The maximum absolute atomic E-state index is 12.1. The van der Waals surface area contributed by atoms with E-state index < -0.39 is 6.61 Å². The van der Waals surface area contributed by atoms with Crippen molar-refractivity contribution in [1.82, 2.24) is 10.2 Å². The summed E-state index contributed by atoms with van der Waals surface area (Å²) in [6.45, 7) is 1.49. The number of alkyl halides is 2. The molecule has 22 heavy (non-hydrogen) atoms. The van der Waals surface area contributed by atoms with Crippen LogP contribution in [0.3, 0.4) is 0 Å². The van der Waals surface area contributed by atoms with E-state index in [0.29, 0.717) is 25.4 Å². The number of hydrogen-bond donors (Lipinski definition) is 2. The van der Waals surface area contributed by atoms with Gasteiger partial charge in [-0.3, -0.25) is 4.90 Å². The number of carbonyl (C=O) groups is 1. The first-order valence-corrected chi connectivity index (χ1v) is 7.03. The van der Waals surface area contributed by atoms with Crippen molar-refractivity contribution in [2.75, 3.05) is 44.7 Å². The van der Waals surface area contributed by atoms with E-state index in [1.807, 2.05) is 0 Å². The third-order valence-electron chi connectivity index (χ3n) is 3.13. The number of amides is 2. The van der Waals surface area contributed by atoms with Gasteiger partial charge in [-0.05, 0) is 12.1 Å². The highest BCUT2D eigenvalue weighted by molar-refractivity contribution is 5.89. The minimum atomic E-state index is -2.89. The van der Waals surface area contributed by atoms with E-state index in [9.17, 15) is 13.6 Å². The number of nitrogens with one attached hydrogen (secondary N) is 2. The predicted octanol–water partition coefficient (Wildman–Crippen LogP) is 1.74. The van der Waals surface area contributed by atoms with Crippen molar-refractivity contribution in [3.8, 4) is 5.75 Å². The summed E-state index contributed by atoms with van der Waals surface area (Å²) in [5.74, 6) is 0.00103. The fraction of sp³-hybridized carbons (Fsp3) is 0.500. The second-order valence-corrected chi connectivity index (χ2v) is 4.74. The SMILES string of the molecule is O=C(NCCN1CCOCC1)Nc1cccc(OC(F)F)c1. The lowest BCUT2D eigenvalue weighted by molar-refractivity contribution is -0.0497. The Morgan fingerprint density at radius 3 is 2.86 bits per heavy atom. The molecule has 2 amide bonds. The topological polar surface area (TPSA) is 62.8 Å². The van der Waals surface area contributed by atoms with Crippen LogP contribution in [-0.2, 0) is 4.74 Å². The van der Waals surface area contributed by atoms with E-state index in [1.54, 1.807) is 6.07 Å². The third-order valence-corrected chi connectivity index (χ3v) is 3.13. The van der Waals surface area contributed by atoms with Crippen LogP contribution in [-0.4, -0.2) is 56.9 Å². The molecule has 0 aromatic heterocycles. The van der Waals surface area contributed by atoms with E-state index in [2.05, 4.69) is 20.3 Å². The van der Waals surface area contributed by atoms with E-state index >= 15 is 0 Å². The number of hydrogen-bond acceptors (Lipinski definition) is 4. The number of nitrogens with zero attached hydrogens (tertiary/aromatic N) is 1. The number of ether oxygens (including phenoxy) is 2. The van der Waals surface area contributed by atoms with Crippen LogP contribution < -0.4 is 15.4 Å². The Hall–Kier alpha value is -1.93. The van der Waals surface area contributed by atoms with Crippen molar-refractivity contribution in [2.45, 2.75) is 6.61 Å². The molecule has 0 spiro atoms. The normalized spacial score (nSPS) is 15.6. The Kier molecular flexibility index (Phi) is 6.35. The van der Waals surface area contributed by atoms with Gasteiger partial charge in [0.05, 0.1) is 13.2 Å². The van der Waals surface area contributed by atoms with Crippen molar-refractivity contribution in [1.29, 1.82) is 0 Å². The zero-order chi connectivity index (χ0) is 15.8. The van der Waals surface area contributed by atoms with Crippen LogP contribution in [0.15, 0.2) is 24.3 Å². The molecule has 8 heteroatoms. The Morgan fingerprint density at radius 2 is 2.14 bits per heavy atom. The molecule has 122 valence electrons. The van der Waals surface area contributed by atoms with Gasteiger partial charge >= 0.3 is 12.6 Å². The van der Waals surface area contributed by atoms with Crippen molar-refractivity contribution in [3.05, 3.63) is 24.3 Å². The van der Waals surface area contributed by atoms with Crippen LogP contribution in [0.25, 0.3) is 0 Å². The molecule has 1 saturated heterocycles. The van der Waals surface area contributed by atoms with Gasteiger partial charge in [0.15, 0.2) is 0 Å². The minimum Gasteiger partial charge on any atom is -0.435 e. The molecule has 1 aromatic rings. The fourth-order valence-corrected chi connectivity index (χ4v) is 2.08. The van der Waals surface area contributed by atoms with Crippen LogP contribution in [0.2, 0.25) is 0 Å². The van der Waals surface area contributed by atoms with Gasteiger partial charge in [-0.1, -0.05) is 6.07 Å². The average Bonchev–Trinajstić information content (AvgIpc) is 2.48. The Bertz CT molecular complexity index is 482. The van der Waals surface area contributed by atoms with Crippen LogP contribution in [0, 0.1) is 0 Å². The number of halogens is 2. The van der Waals surface area contributed by atoms with Gasteiger partial charge in [0.25, 0.3) is 0 Å². The Balaban J connectivity index is 1.72. The molecule has 1 fully saturated rings. The lowest BCUT2D eigenvalue weighted by Gasteiger charge is -2.26. The molecule has 1 heterocycles. The summed E-state index contributed by atoms with van der Waals surface area (Å²) in [5.41, 5.74) is 0.391. The lowest BCUT2D eigenvalue weighted by atomic mass is 10.3. The molecule has 0 aliphatic carbocycles.